The number of nitrogens with one attached hydrogen (secondary N) is 1. The molecule has 0 radical (unpaired) electrons. The molecule has 0 saturated carbocycles. The van der Waals surface area contributed by atoms with Crippen molar-refractivity contribution in [2.75, 3.05) is 19.0 Å². The molecule has 7 nitrogen and oxygen atoms in total. The van der Waals surface area contributed by atoms with Crippen molar-refractivity contribution in [3.8, 4) is 22.9 Å². The first-order valence-corrected chi connectivity index (χ1v) is 11.3. The van der Waals surface area contributed by atoms with Crippen LogP contribution in [0.3, 0.4) is 0 Å². The lowest BCUT2D eigenvalue weighted by Gasteiger charge is -2.38. The second-order valence-electron chi connectivity index (χ2n) is 9.30. The molecule has 0 bridgehead atoms. The summed E-state index contributed by atoms with van der Waals surface area (Å²) >= 11 is 0. The molecular formula is C26H28N4O3. The topological polar surface area (TPSA) is 78.3 Å². The zero-order chi connectivity index (χ0) is 23.2. The van der Waals surface area contributed by atoms with Gasteiger partial charge in [0.1, 0.15) is 17.5 Å². The molecule has 3 aromatic rings. The molecule has 0 saturated heterocycles. The highest BCUT2D eigenvalue weighted by Crippen LogP contribution is 2.45. The number of nitrogens with zero attached hydrogens (tertiary/aromatic N) is 3. The lowest BCUT2D eigenvalue weighted by Crippen LogP contribution is -2.36. The zero-order valence-corrected chi connectivity index (χ0v) is 19.4. The Kier molecular flexibility index (Phi) is 5.19. The summed E-state index contributed by atoms with van der Waals surface area (Å²) in [5.74, 6) is 2.91. The highest BCUT2D eigenvalue weighted by molar-refractivity contribution is 6.00. The van der Waals surface area contributed by atoms with Gasteiger partial charge in [0.2, 0.25) is 5.95 Å². The van der Waals surface area contributed by atoms with Crippen molar-refractivity contribution in [2.24, 2.45) is 5.41 Å². The van der Waals surface area contributed by atoms with E-state index in [1.54, 1.807) is 7.11 Å². The van der Waals surface area contributed by atoms with Crippen molar-refractivity contribution >= 4 is 11.7 Å². The summed E-state index contributed by atoms with van der Waals surface area (Å²) in [5, 5.41) is 8.27. The molecule has 5 rings (SSSR count). The minimum absolute atomic E-state index is 0.107. The standard InChI is InChI=1S/C26H28N4O3/c1-5-33-18-11-9-16(10-12-18)23-22-20(14-26(2,3)15-21(22)31)27-25-28-24(29-30(23)25)17-7-6-8-19(13-17)32-4/h6-13,23H,5,14-15H2,1-4H3,(H,27,28,29). The van der Waals surface area contributed by atoms with E-state index in [-0.39, 0.29) is 17.2 Å². The number of hydrogen-bond acceptors (Lipinski definition) is 6. The third-order valence-electron chi connectivity index (χ3n) is 6.17. The monoisotopic (exact) mass is 444 g/mol. The second kappa shape index (κ2) is 8.06. The van der Waals surface area contributed by atoms with E-state index in [1.807, 2.05) is 60.1 Å². The van der Waals surface area contributed by atoms with E-state index in [4.69, 9.17) is 19.6 Å². The van der Waals surface area contributed by atoms with E-state index >= 15 is 0 Å². The van der Waals surface area contributed by atoms with Crippen molar-refractivity contribution < 1.29 is 14.3 Å². The van der Waals surface area contributed by atoms with Crippen LogP contribution in [0.4, 0.5) is 5.95 Å². The lowest BCUT2D eigenvalue weighted by molar-refractivity contribution is -0.118. The van der Waals surface area contributed by atoms with E-state index in [9.17, 15) is 4.79 Å². The largest absolute Gasteiger partial charge is 0.497 e. The van der Waals surface area contributed by atoms with Gasteiger partial charge >= 0.3 is 0 Å². The third kappa shape index (κ3) is 3.88. The second-order valence-corrected chi connectivity index (χ2v) is 9.30. The Balaban J connectivity index is 1.63. The predicted octanol–water partition coefficient (Wildman–Crippen LogP) is 5.01. The van der Waals surface area contributed by atoms with Crippen LogP contribution < -0.4 is 14.8 Å². The molecule has 1 atom stereocenters. The Morgan fingerprint density at radius 3 is 2.64 bits per heavy atom. The summed E-state index contributed by atoms with van der Waals surface area (Å²) in [5.41, 5.74) is 3.43. The van der Waals surface area contributed by atoms with Crippen LogP contribution in [0.5, 0.6) is 11.5 Å². The Bertz CT molecular complexity index is 1240. The van der Waals surface area contributed by atoms with E-state index in [0.29, 0.717) is 24.8 Å². The van der Waals surface area contributed by atoms with E-state index in [1.165, 1.54) is 0 Å². The number of anilines is 1. The van der Waals surface area contributed by atoms with E-state index in [0.717, 1.165) is 40.3 Å². The van der Waals surface area contributed by atoms with Crippen LogP contribution in [0.25, 0.3) is 11.4 Å². The number of hydrogen-bond donors (Lipinski definition) is 1. The Labute approximate surface area is 193 Å². The maximum absolute atomic E-state index is 13.4. The number of methoxy groups -OCH3 is 1. The van der Waals surface area contributed by atoms with Gasteiger partial charge < -0.3 is 14.8 Å². The number of Topliss-reactive ketones (excluding diaryl/α,β-unsaturated/α-hetero) is 1. The summed E-state index contributed by atoms with van der Waals surface area (Å²) in [4.78, 5) is 18.2. The first-order chi connectivity index (χ1) is 15.9. The van der Waals surface area contributed by atoms with Gasteiger partial charge in [-0.3, -0.25) is 4.79 Å². The fraction of sp³-hybridized carbons (Fsp3) is 0.346. The van der Waals surface area contributed by atoms with Crippen LogP contribution in [-0.2, 0) is 4.79 Å². The van der Waals surface area contributed by atoms with Gasteiger partial charge in [-0.25, -0.2) is 4.68 Å². The average Bonchev–Trinajstić information content (AvgIpc) is 3.21. The molecule has 1 aliphatic heterocycles. The summed E-state index contributed by atoms with van der Waals surface area (Å²) in [6.07, 6.45) is 1.29. The first kappa shape index (κ1) is 21.2. The number of ketones is 1. The van der Waals surface area contributed by atoms with Crippen molar-refractivity contribution in [1.82, 2.24) is 14.8 Å². The van der Waals surface area contributed by atoms with Gasteiger partial charge in [0.25, 0.3) is 0 Å². The number of ether oxygens (including phenoxy) is 2. The minimum atomic E-state index is -0.345. The van der Waals surface area contributed by atoms with Crippen LogP contribution in [0.15, 0.2) is 59.8 Å². The maximum Gasteiger partial charge on any atom is 0.226 e. The summed E-state index contributed by atoms with van der Waals surface area (Å²) in [6, 6.07) is 15.2. The number of allylic oxidation sites excluding steroid dienone is 2. The SMILES string of the molecule is CCOc1ccc(C2C3=C(CC(C)(C)CC3=O)Nc3nc(-c4cccc(OC)c4)nn32)cc1. The number of aromatic nitrogens is 3. The molecule has 1 N–H and O–H groups in total. The third-order valence-corrected chi connectivity index (χ3v) is 6.17. The average molecular weight is 445 g/mol. The fourth-order valence-electron chi connectivity index (χ4n) is 4.71. The van der Waals surface area contributed by atoms with Gasteiger partial charge in [-0.05, 0) is 48.6 Å². The molecule has 7 heteroatoms. The molecule has 1 unspecified atom stereocenters. The van der Waals surface area contributed by atoms with Crippen molar-refractivity contribution in [3.05, 3.63) is 65.4 Å². The maximum atomic E-state index is 13.4. The quantitative estimate of drug-likeness (QED) is 0.596. The number of carbonyl (C=O) groups excluding carboxylic acids is 1. The van der Waals surface area contributed by atoms with Crippen molar-refractivity contribution in [1.29, 1.82) is 0 Å². The zero-order valence-electron chi connectivity index (χ0n) is 19.4. The molecule has 170 valence electrons. The molecule has 33 heavy (non-hydrogen) atoms. The summed E-state index contributed by atoms with van der Waals surface area (Å²) in [7, 11) is 1.64. The normalized spacial score (nSPS) is 18.9. The fourth-order valence-corrected chi connectivity index (χ4v) is 4.71. The van der Waals surface area contributed by atoms with Crippen molar-refractivity contribution in [2.45, 2.75) is 39.7 Å². The van der Waals surface area contributed by atoms with Gasteiger partial charge in [-0.2, -0.15) is 4.98 Å². The molecule has 1 aromatic heterocycles. The molecule has 1 aliphatic carbocycles. The number of fused-ring (bicyclic) bond motifs is 1. The Morgan fingerprint density at radius 1 is 1.12 bits per heavy atom. The smallest absolute Gasteiger partial charge is 0.226 e. The van der Waals surface area contributed by atoms with E-state index in [2.05, 4.69) is 19.2 Å². The van der Waals surface area contributed by atoms with Crippen LogP contribution in [0.2, 0.25) is 0 Å². The molecule has 2 aromatic carbocycles. The molecule has 0 fully saturated rings. The van der Waals surface area contributed by atoms with Crippen LogP contribution in [-0.4, -0.2) is 34.3 Å². The Morgan fingerprint density at radius 2 is 1.91 bits per heavy atom. The summed E-state index contributed by atoms with van der Waals surface area (Å²) in [6.45, 7) is 6.82. The predicted molar refractivity (Wildman–Crippen MR) is 126 cm³/mol. The number of carbonyl (C=O) groups is 1. The van der Waals surface area contributed by atoms with Crippen LogP contribution in [0.1, 0.15) is 45.2 Å². The van der Waals surface area contributed by atoms with Gasteiger partial charge in [0.05, 0.1) is 13.7 Å². The van der Waals surface area contributed by atoms with Gasteiger partial charge in [0.15, 0.2) is 11.6 Å². The number of rotatable bonds is 5. The number of benzene rings is 2. The molecular weight excluding hydrogens is 416 g/mol. The molecule has 2 heterocycles. The highest BCUT2D eigenvalue weighted by atomic mass is 16.5. The van der Waals surface area contributed by atoms with Gasteiger partial charge in [-0.1, -0.05) is 38.1 Å². The molecule has 0 spiro atoms. The molecule has 0 amide bonds. The Hall–Kier alpha value is -3.61. The van der Waals surface area contributed by atoms with Gasteiger partial charge in [0, 0.05) is 23.3 Å². The van der Waals surface area contributed by atoms with Crippen LogP contribution in [0, 0.1) is 5.41 Å². The summed E-state index contributed by atoms with van der Waals surface area (Å²) < 4.78 is 12.8. The van der Waals surface area contributed by atoms with Gasteiger partial charge in [-0.15, -0.1) is 5.10 Å². The van der Waals surface area contributed by atoms with E-state index < -0.39 is 0 Å². The first-order valence-electron chi connectivity index (χ1n) is 11.3. The lowest BCUT2D eigenvalue weighted by atomic mass is 9.73. The minimum Gasteiger partial charge on any atom is -0.497 e. The van der Waals surface area contributed by atoms with Crippen LogP contribution >= 0.6 is 0 Å². The van der Waals surface area contributed by atoms with Crippen molar-refractivity contribution in [3.63, 3.8) is 0 Å². The molecule has 2 aliphatic rings. The highest BCUT2D eigenvalue weighted by Gasteiger charge is 2.41.